The highest BCUT2D eigenvalue weighted by atomic mass is 19.1. The van der Waals surface area contributed by atoms with Gasteiger partial charge in [0.1, 0.15) is 5.82 Å². The van der Waals surface area contributed by atoms with Crippen molar-refractivity contribution in [3.8, 4) is 0 Å². The fraction of sp³-hybridized carbons (Fsp3) is 0.533. The molecule has 0 amide bonds. The molecule has 1 aromatic carbocycles. The van der Waals surface area contributed by atoms with Crippen LogP contribution in [0.4, 0.5) is 4.39 Å². The molecule has 0 aliphatic carbocycles. The number of carbonyl (C=O) groups is 1. The molecule has 104 valence electrons. The van der Waals surface area contributed by atoms with Gasteiger partial charge in [-0.25, -0.2) is 4.39 Å². The minimum Gasteiger partial charge on any atom is -0.301 e. The second-order valence-electron chi connectivity index (χ2n) is 5.05. The third-order valence-electron chi connectivity index (χ3n) is 3.63. The molecule has 1 fully saturated rings. The van der Waals surface area contributed by atoms with Crippen LogP contribution in [0.15, 0.2) is 24.3 Å². The first kappa shape index (κ1) is 14.2. The third-order valence-corrected chi connectivity index (χ3v) is 3.63. The van der Waals surface area contributed by atoms with Gasteiger partial charge in [-0.1, -0.05) is 19.1 Å². The van der Waals surface area contributed by atoms with Gasteiger partial charge in [0.2, 0.25) is 0 Å². The van der Waals surface area contributed by atoms with E-state index in [1.807, 2.05) is 0 Å². The van der Waals surface area contributed by atoms with Crippen molar-refractivity contribution in [3.63, 3.8) is 0 Å². The SMILES string of the molecule is CCN1CCN(CC(=O)Cc2ccc(F)cc2)CC1. The Labute approximate surface area is 114 Å². The number of hydrogen-bond donors (Lipinski definition) is 0. The van der Waals surface area contributed by atoms with E-state index in [4.69, 9.17) is 0 Å². The minimum atomic E-state index is -0.258. The number of Topliss-reactive ketones (excluding diaryl/α,β-unsaturated/α-hetero) is 1. The van der Waals surface area contributed by atoms with Crippen molar-refractivity contribution in [2.45, 2.75) is 13.3 Å². The summed E-state index contributed by atoms with van der Waals surface area (Å²) in [6, 6.07) is 6.18. The van der Waals surface area contributed by atoms with Gasteiger partial charge >= 0.3 is 0 Å². The van der Waals surface area contributed by atoms with E-state index < -0.39 is 0 Å². The molecule has 1 saturated heterocycles. The Morgan fingerprint density at radius 1 is 1.11 bits per heavy atom. The third kappa shape index (κ3) is 4.40. The van der Waals surface area contributed by atoms with Crippen molar-refractivity contribution >= 4 is 5.78 Å². The summed E-state index contributed by atoms with van der Waals surface area (Å²) in [6.07, 6.45) is 0.397. The molecule has 0 bridgehead atoms. The maximum absolute atomic E-state index is 12.8. The first-order valence-electron chi connectivity index (χ1n) is 6.88. The van der Waals surface area contributed by atoms with Crippen molar-refractivity contribution < 1.29 is 9.18 Å². The highest BCUT2D eigenvalue weighted by Crippen LogP contribution is 2.06. The van der Waals surface area contributed by atoms with Crippen LogP contribution in [0.1, 0.15) is 12.5 Å². The van der Waals surface area contributed by atoms with Gasteiger partial charge in [0.15, 0.2) is 5.78 Å². The zero-order chi connectivity index (χ0) is 13.7. The van der Waals surface area contributed by atoms with E-state index >= 15 is 0 Å². The van der Waals surface area contributed by atoms with Gasteiger partial charge in [0, 0.05) is 32.6 Å². The molecule has 0 N–H and O–H groups in total. The summed E-state index contributed by atoms with van der Waals surface area (Å²) in [5.74, 6) is -0.0524. The van der Waals surface area contributed by atoms with Gasteiger partial charge in [0.25, 0.3) is 0 Å². The Bertz CT molecular complexity index is 411. The van der Waals surface area contributed by atoms with Crippen molar-refractivity contribution in [2.24, 2.45) is 0 Å². The van der Waals surface area contributed by atoms with Crippen LogP contribution in [0, 0.1) is 5.82 Å². The summed E-state index contributed by atoms with van der Waals surface area (Å²) in [7, 11) is 0. The zero-order valence-corrected chi connectivity index (χ0v) is 11.4. The lowest BCUT2D eigenvalue weighted by Gasteiger charge is -2.33. The molecule has 1 aromatic rings. The fourth-order valence-corrected chi connectivity index (χ4v) is 2.40. The monoisotopic (exact) mass is 264 g/mol. The Balaban J connectivity index is 1.77. The average molecular weight is 264 g/mol. The minimum absolute atomic E-state index is 0.205. The number of benzene rings is 1. The number of halogens is 1. The Hall–Kier alpha value is -1.26. The van der Waals surface area contributed by atoms with E-state index in [0.717, 1.165) is 38.3 Å². The molecule has 2 rings (SSSR count). The number of rotatable bonds is 5. The van der Waals surface area contributed by atoms with E-state index in [-0.39, 0.29) is 11.6 Å². The number of hydrogen-bond acceptors (Lipinski definition) is 3. The van der Waals surface area contributed by atoms with Crippen LogP contribution < -0.4 is 0 Å². The summed E-state index contributed by atoms with van der Waals surface area (Å²) in [5, 5.41) is 0. The predicted molar refractivity (Wildman–Crippen MR) is 73.7 cm³/mol. The van der Waals surface area contributed by atoms with E-state index in [2.05, 4.69) is 16.7 Å². The van der Waals surface area contributed by atoms with Crippen molar-refractivity contribution in [1.29, 1.82) is 0 Å². The van der Waals surface area contributed by atoms with Gasteiger partial charge < -0.3 is 4.90 Å². The van der Waals surface area contributed by atoms with Crippen LogP contribution in [0.3, 0.4) is 0 Å². The molecule has 0 unspecified atom stereocenters. The predicted octanol–water partition coefficient (Wildman–Crippen LogP) is 1.57. The summed E-state index contributed by atoms with van der Waals surface area (Å²) in [4.78, 5) is 16.6. The second kappa shape index (κ2) is 6.78. The normalized spacial score (nSPS) is 17.6. The highest BCUT2D eigenvalue weighted by molar-refractivity contribution is 5.82. The standard InChI is InChI=1S/C15H21FN2O/c1-2-17-7-9-18(10-8-17)12-15(19)11-13-3-5-14(16)6-4-13/h3-6H,2,7-12H2,1H3. The highest BCUT2D eigenvalue weighted by Gasteiger charge is 2.17. The Morgan fingerprint density at radius 3 is 2.26 bits per heavy atom. The topological polar surface area (TPSA) is 23.6 Å². The van der Waals surface area contributed by atoms with Crippen LogP contribution in [0.25, 0.3) is 0 Å². The van der Waals surface area contributed by atoms with Crippen LogP contribution in [0.5, 0.6) is 0 Å². The first-order chi connectivity index (χ1) is 9.17. The lowest BCUT2D eigenvalue weighted by molar-refractivity contribution is -0.120. The van der Waals surface area contributed by atoms with Gasteiger partial charge in [0.05, 0.1) is 6.54 Å². The molecule has 4 heteroatoms. The first-order valence-corrected chi connectivity index (χ1v) is 6.88. The van der Waals surface area contributed by atoms with Gasteiger partial charge in [-0.3, -0.25) is 9.69 Å². The quantitative estimate of drug-likeness (QED) is 0.806. The van der Waals surface area contributed by atoms with Crippen LogP contribution in [-0.4, -0.2) is 54.9 Å². The maximum atomic E-state index is 12.8. The lowest BCUT2D eigenvalue weighted by atomic mass is 10.1. The largest absolute Gasteiger partial charge is 0.301 e. The molecule has 0 saturated carbocycles. The number of nitrogens with zero attached hydrogens (tertiary/aromatic N) is 2. The van der Waals surface area contributed by atoms with Crippen molar-refractivity contribution in [2.75, 3.05) is 39.3 Å². The smallest absolute Gasteiger partial charge is 0.151 e. The number of piperazine rings is 1. The van der Waals surface area contributed by atoms with E-state index in [0.29, 0.717) is 13.0 Å². The molecule has 0 radical (unpaired) electrons. The van der Waals surface area contributed by atoms with Gasteiger partial charge in [-0.05, 0) is 24.2 Å². The van der Waals surface area contributed by atoms with E-state index in [1.54, 1.807) is 12.1 Å². The molecule has 3 nitrogen and oxygen atoms in total. The molecular weight excluding hydrogens is 243 g/mol. The zero-order valence-electron chi connectivity index (χ0n) is 11.4. The number of carbonyl (C=O) groups excluding carboxylic acids is 1. The summed E-state index contributed by atoms with van der Waals surface area (Å²) in [5.41, 5.74) is 0.888. The number of ketones is 1. The van der Waals surface area contributed by atoms with Crippen molar-refractivity contribution in [3.05, 3.63) is 35.6 Å². The van der Waals surface area contributed by atoms with Crippen LogP contribution >= 0.6 is 0 Å². The molecule has 0 aromatic heterocycles. The summed E-state index contributed by atoms with van der Waals surface area (Å²) >= 11 is 0. The van der Waals surface area contributed by atoms with Gasteiger partial charge in [-0.15, -0.1) is 0 Å². The molecular formula is C15H21FN2O. The lowest BCUT2D eigenvalue weighted by Crippen LogP contribution is -2.47. The number of likely N-dealkylation sites (N-methyl/N-ethyl adjacent to an activating group) is 1. The molecule has 1 heterocycles. The fourth-order valence-electron chi connectivity index (χ4n) is 2.40. The second-order valence-corrected chi connectivity index (χ2v) is 5.05. The average Bonchev–Trinajstić information content (AvgIpc) is 2.42. The molecule has 0 spiro atoms. The molecule has 1 aliphatic rings. The molecule has 0 atom stereocenters. The van der Waals surface area contributed by atoms with E-state index in [1.165, 1.54) is 12.1 Å². The Morgan fingerprint density at radius 2 is 1.68 bits per heavy atom. The molecule has 19 heavy (non-hydrogen) atoms. The summed E-state index contributed by atoms with van der Waals surface area (Å²) < 4.78 is 12.8. The van der Waals surface area contributed by atoms with E-state index in [9.17, 15) is 9.18 Å². The summed E-state index contributed by atoms with van der Waals surface area (Å²) in [6.45, 7) is 7.76. The Kier molecular flexibility index (Phi) is 5.05. The van der Waals surface area contributed by atoms with Crippen LogP contribution in [-0.2, 0) is 11.2 Å². The molecule has 1 aliphatic heterocycles. The van der Waals surface area contributed by atoms with Crippen molar-refractivity contribution in [1.82, 2.24) is 9.80 Å². The van der Waals surface area contributed by atoms with Crippen LogP contribution in [0.2, 0.25) is 0 Å². The van der Waals surface area contributed by atoms with Gasteiger partial charge in [-0.2, -0.15) is 0 Å². The maximum Gasteiger partial charge on any atom is 0.151 e.